The molecule has 0 saturated carbocycles. The number of carbonyl (C=O) groups excluding carboxylic acids is 2. The Kier molecular flexibility index (Phi) is 6.27. The van der Waals surface area contributed by atoms with Gasteiger partial charge in [0.15, 0.2) is 17.4 Å². The third-order valence-electron chi connectivity index (χ3n) is 3.72. The number of ketones is 1. The number of hydrogen-bond acceptors (Lipinski definition) is 4. The summed E-state index contributed by atoms with van der Waals surface area (Å²) in [6.45, 7) is 1.19. The molecular formula is C18H18F2N2O4S. The summed E-state index contributed by atoms with van der Waals surface area (Å²) in [6, 6.07) is 8.82. The fraction of sp³-hybridized carbons (Fsp3) is 0.222. The number of Topliss-reactive ketones (excluding diaryl/α,β-unsaturated/α-hetero) is 1. The van der Waals surface area contributed by atoms with Gasteiger partial charge in [0.25, 0.3) is 5.91 Å². The second-order valence-corrected chi connectivity index (χ2v) is 7.73. The van der Waals surface area contributed by atoms with Crippen molar-refractivity contribution in [2.45, 2.75) is 6.92 Å². The van der Waals surface area contributed by atoms with Crippen LogP contribution in [0.3, 0.4) is 0 Å². The smallest absolute Gasteiger partial charge is 0.251 e. The van der Waals surface area contributed by atoms with Gasteiger partial charge in [-0.2, -0.15) is 0 Å². The fourth-order valence-electron chi connectivity index (χ4n) is 2.38. The first-order valence-corrected chi connectivity index (χ1v) is 9.76. The zero-order valence-electron chi connectivity index (χ0n) is 14.7. The molecule has 1 amide bonds. The van der Waals surface area contributed by atoms with E-state index < -0.39 is 27.6 Å². The van der Waals surface area contributed by atoms with E-state index in [-0.39, 0.29) is 30.1 Å². The number of halogens is 2. The van der Waals surface area contributed by atoms with Crippen LogP contribution in [0.5, 0.6) is 0 Å². The van der Waals surface area contributed by atoms with Gasteiger partial charge in [0.05, 0.1) is 18.5 Å². The number of carbonyl (C=O) groups is 2. The maximum absolute atomic E-state index is 13.2. The van der Waals surface area contributed by atoms with Crippen LogP contribution in [0.1, 0.15) is 27.6 Å². The van der Waals surface area contributed by atoms with Crippen LogP contribution in [0, 0.1) is 11.6 Å². The minimum atomic E-state index is -3.67. The zero-order valence-corrected chi connectivity index (χ0v) is 15.5. The van der Waals surface area contributed by atoms with E-state index in [9.17, 15) is 26.8 Å². The molecule has 6 nitrogen and oxygen atoms in total. The van der Waals surface area contributed by atoms with Crippen LogP contribution in [0.25, 0.3) is 0 Å². The molecule has 0 aliphatic carbocycles. The zero-order chi connectivity index (χ0) is 20.2. The van der Waals surface area contributed by atoms with Crippen LogP contribution in [-0.4, -0.2) is 39.5 Å². The van der Waals surface area contributed by atoms with E-state index in [0.29, 0.717) is 5.56 Å². The molecule has 0 radical (unpaired) electrons. The highest BCUT2D eigenvalue weighted by Crippen LogP contribution is 2.19. The van der Waals surface area contributed by atoms with Gasteiger partial charge >= 0.3 is 0 Å². The number of sulfonamides is 1. The molecular weight excluding hydrogens is 378 g/mol. The Morgan fingerprint density at radius 3 is 2.33 bits per heavy atom. The lowest BCUT2D eigenvalue weighted by Gasteiger charge is -2.23. The highest BCUT2D eigenvalue weighted by atomic mass is 32.2. The Morgan fingerprint density at radius 1 is 1.04 bits per heavy atom. The quantitative estimate of drug-likeness (QED) is 0.729. The molecule has 0 bridgehead atoms. The van der Waals surface area contributed by atoms with Gasteiger partial charge in [-0.25, -0.2) is 17.2 Å². The molecule has 2 aromatic carbocycles. The average Bonchev–Trinajstić information content (AvgIpc) is 2.59. The van der Waals surface area contributed by atoms with Crippen molar-refractivity contribution < 1.29 is 26.8 Å². The molecule has 144 valence electrons. The van der Waals surface area contributed by atoms with E-state index in [1.54, 1.807) is 12.1 Å². The van der Waals surface area contributed by atoms with Gasteiger partial charge in [0, 0.05) is 17.7 Å². The van der Waals surface area contributed by atoms with E-state index in [1.165, 1.54) is 19.1 Å². The van der Waals surface area contributed by atoms with Gasteiger partial charge in [-0.1, -0.05) is 12.1 Å². The first-order valence-electron chi connectivity index (χ1n) is 7.91. The van der Waals surface area contributed by atoms with Crippen LogP contribution in [0.2, 0.25) is 0 Å². The maximum Gasteiger partial charge on any atom is 0.251 e. The molecule has 1 N–H and O–H groups in total. The van der Waals surface area contributed by atoms with Crippen LogP contribution >= 0.6 is 0 Å². The van der Waals surface area contributed by atoms with Gasteiger partial charge in [0.2, 0.25) is 10.0 Å². The minimum Gasteiger partial charge on any atom is -0.350 e. The lowest BCUT2D eigenvalue weighted by molar-refractivity contribution is 0.0953. The average molecular weight is 396 g/mol. The molecule has 0 fully saturated rings. The summed E-state index contributed by atoms with van der Waals surface area (Å²) in [5.41, 5.74) is 0.553. The van der Waals surface area contributed by atoms with Crippen molar-refractivity contribution in [1.29, 1.82) is 0 Å². The minimum absolute atomic E-state index is 0.0742. The number of nitrogens with one attached hydrogen (secondary N) is 1. The van der Waals surface area contributed by atoms with Gasteiger partial charge in [-0.15, -0.1) is 0 Å². The lowest BCUT2D eigenvalue weighted by Crippen LogP contribution is -2.38. The van der Waals surface area contributed by atoms with Crippen molar-refractivity contribution in [3.8, 4) is 0 Å². The van der Waals surface area contributed by atoms with E-state index in [4.69, 9.17) is 0 Å². The Labute approximate surface area is 155 Å². The lowest BCUT2D eigenvalue weighted by atomic mass is 10.1. The predicted molar refractivity (Wildman–Crippen MR) is 97.3 cm³/mol. The normalized spacial score (nSPS) is 11.1. The molecule has 0 aliphatic rings. The maximum atomic E-state index is 13.2. The Morgan fingerprint density at radius 2 is 1.74 bits per heavy atom. The monoisotopic (exact) mass is 396 g/mol. The molecule has 9 heteroatoms. The molecule has 0 aromatic heterocycles. The van der Waals surface area contributed by atoms with Crippen LogP contribution < -0.4 is 9.62 Å². The summed E-state index contributed by atoms with van der Waals surface area (Å²) in [7, 11) is -3.67. The van der Waals surface area contributed by atoms with Gasteiger partial charge in [0.1, 0.15) is 0 Å². The standard InChI is InChI=1S/C18H18F2N2O4S/c1-12(23)13-4-3-5-15(10-13)22(27(2,25)26)9-8-21-18(24)14-6-7-16(19)17(20)11-14/h3-7,10-11H,8-9H2,1-2H3,(H,21,24). The van der Waals surface area contributed by atoms with Gasteiger partial charge < -0.3 is 5.32 Å². The van der Waals surface area contributed by atoms with Crippen LogP contribution in [-0.2, 0) is 10.0 Å². The van der Waals surface area contributed by atoms with Crippen LogP contribution in [0.15, 0.2) is 42.5 Å². The summed E-state index contributed by atoms with van der Waals surface area (Å²) in [5.74, 6) is -3.10. The number of benzene rings is 2. The van der Waals surface area contributed by atoms with E-state index in [0.717, 1.165) is 28.8 Å². The number of hydrogen-bond donors (Lipinski definition) is 1. The molecule has 0 atom stereocenters. The Hall–Kier alpha value is -2.81. The van der Waals surface area contributed by atoms with Gasteiger partial charge in [-0.05, 0) is 37.3 Å². The molecule has 0 unspecified atom stereocenters. The summed E-state index contributed by atoms with van der Waals surface area (Å²) in [4.78, 5) is 23.5. The van der Waals surface area contributed by atoms with Crippen molar-refractivity contribution in [1.82, 2.24) is 5.32 Å². The van der Waals surface area contributed by atoms with Crippen LogP contribution in [0.4, 0.5) is 14.5 Å². The molecule has 0 aliphatic heterocycles. The highest BCUT2D eigenvalue weighted by Gasteiger charge is 2.18. The second-order valence-electron chi connectivity index (χ2n) is 5.83. The summed E-state index contributed by atoms with van der Waals surface area (Å²) in [5, 5.41) is 2.45. The number of amides is 1. The van der Waals surface area contributed by atoms with Crippen molar-refractivity contribution in [3.63, 3.8) is 0 Å². The van der Waals surface area contributed by atoms with E-state index in [1.807, 2.05) is 0 Å². The van der Waals surface area contributed by atoms with E-state index in [2.05, 4.69) is 5.32 Å². The summed E-state index contributed by atoms with van der Waals surface area (Å²) >= 11 is 0. The first kappa shape index (κ1) is 20.5. The molecule has 0 saturated heterocycles. The summed E-state index contributed by atoms with van der Waals surface area (Å²) in [6.07, 6.45) is 1.00. The molecule has 0 heterocycles. The molecule has 2 rings (SSSR count). The van der Waals surface area contributed by atoms with Crippen molar-refractivity contribution >= 4 is 27.4 Å². The Bertz CT molecular complexity index is 977. The Balaban J connectivity index is 2.11. The predicted octanol–water partition coefficient (Wildman–Crippen LogP) is 2.36. The van der Waals surface area contributed by atoms with Crippen molar-refractivity contribution in [2.75, 3.05) is 23.7 Å². The SMILES string of the molecule is CC(=O)c1cccc(N(CCNC(=O)c2ccc(F)c(F)c2)S(C)(=O)=O)c1. The number of nitrogens with zero attached hydrogens (tertiary/aromatic N) is 1. The largest absolute Gasteiger partial charge is 0.350 e. The topological polar surface area (TPSA) is 83.6 Å². The summed E-state index contributed by atoms with van der Waals surface area (Å²) < 4.78 is 51.3. The van der Waals surface area contributed by atoms with Gasteiger partial charge in [-0.3, -0.25) is 13.9 Å². The molecule has 0 spiro atoms. The first-order chi connectivity index (χ1) is 12.6. The van der Waals surface area contributed by atoms with Crippen molar-refractivity contribution in [2.24, 2.45) is 0 Å². The second kappa shape index (κ2) is 8.26. The number of rotatable bonds is 7. The van der Waals surface area contributed by atoms with Crippen molar-refractivity contribution in [3.05, 3.63) is 65.2 Å². The molecule has 2 aromatic rings. The van der Waals surface area contributed by atoms with E-state index >= 15 is 0 Å². The third kappa shape index (κ3) is 5.33. The fourth-order valence-corrected chi connectivity index (χ4v) is 3.30. The molecule has 27 heavy (non-hydrogen) atoms. The third-order valence-corrected chi connectivity index (χ3v) is 4.92. The highest BCUT2D eigenvalue weighted by molar-refractivity contribution is 7.92. The number of anilines is 1.